The van der Waals surface area contributed by atoms with Crippen LogP contribution in [-0.2, 0) is 4.79 Å². The van der Waals surface area contributed by atoms with Crippen molar-refractivity contribution in [3.8, 4) is 5.75 Å². The molecule has 92 valence electrons. The Morgan fingerprint density at radius 3 is 3.00 bits per heavy atom. The van der Waals surface area contributed by atoms with Gasteiger partial charge in [-0.1, -0.05) is 6.07 Å². The van der Waals surface area contributed by atoms with Gasteiger partial charge >= 0.3 is 0 Å². The van der Waals surface area contributed by atoms with Crippen LogP contribution in [0.3, 0.4) is 0 Å². The fourth-order valence-corrected chi connectivity index (χ4v) is 1.99. The highest BCUT2D eigenvalue weighted by atomic mass is 16.5. The van der Waals surface area contributed by atoms with E-state index in [4.69, 9.17) is 4.74 Å². The van der Waals surface area contributed by atoms with Gasteiger partial charge in [-0.05, 0) is 37.9 Å². The molecule has 1 aliphatic heterocycles. The van der Waals surface area contributed by atoms with Crippen LogP contribution in [0.4, 0.5) is 5.69 Å². The summed E-state index contributed by atoms with van der Waals surface area (Å²) in [6, 6.07) is 5.62. The van der Waals surface area contributed by atoms with Gasteiger partial charge in [-0.2, -0.15) is 0 Å². The molecule has 0 aliphatic carbocycles. The molecule has 1 heterocycles. The molecule has 1 aliphatic rings. The van der Waals surface area contributed by atoms with Crippen molar-refractivity contribution in [1.82, 2.24) is 5.32 Å². The number of methoxy groups -OCH3 is 1. The maximum Gasteiger partial charge on any atom is 0.241 e. The number of benzene rings is 1. The molecule has 1 atom stereocenters. The van der Waals surface area contributed by atoms with Gasteiger partial charge in [0.2, 0.25) is 5.91 Å². The zero-order valence-corrected chi connectivity index (χ0v) is 10.2. The van der Waals surface area contributed by atoms with Crippen molar-refractivity contribution in [3.05, 3.63) is 23.8 Å². The first-order valence-electron chi connectivity index (χ1n) is 5.89. The number of carbonyl (C=O) groups excluding carboxylic acids is 1. The molecule has 4 heteroatoms. The Kier molecular flexibility index (Phi) is 3.64. The topological polar surface area (TPSA) is 50.4 Å². The molecule has 0 spiro atoms. The van der Waals surface area contributed by atoms with Crippen LogP contribution in [0, 0.1) is 6.92 Å². The van der Waals surface area contributed by atoms with Crippen LogP contribution >= 0.6 is 0 Å². The molecule has 2 rings (SSSR count). The number of carbonyl (C=O) groups is 1. The van der Waals surface area contributed by atoms with E-state index in [9.17, 15) is 4.79 Å². The Morgan fingerprint density at radius 1 is 1.53 bits per heavy atom. The van der Waals surface area contributed by atoms with E-state index >= 15 is 0 Å². The van der Waals surface area contributed by atoms with Crippen LogP contribution in [-0.4, -0.2) is 25.6 Å². The summed E-state index contributed by atoms with van der Waals surface area (Å²) in [7, 11) is 1.62. The largest absolute Gasteiger partial charge is 0.497 e. The zero-order valence-electron chi connectivity index (χ0n) is 10.2. The summed E-state index contributed by atoms with van der Waals surface area (Å²) in [6.45, 7) is 2.90. The second-order valence-electron chi connectivity index (χ2n) is 4.32. The highest BCUT2D eigenvalue weighted by Crippen LogP contribution is 2.22. The number of hydrogen-bond acceptors (Lipinski definition) is 3. The molecule has 4 nitrogen and oxygen atoms in total. The van der Waals surface area contributed by atoms with Gasteiger partial charge in [-0.15, -0.1) is 0 Å². The van der Waals surface area contributed by atoms with Crippen LogP contribution in [0.25, 0.3) is 0 Å². The first-order valence-corrected chi connectivity index (χ1v) is 5.89. The molecule has 17 heavy (non-hydrogen) atoms. The van der Waals surface area contributed by atoms with Gasteiger partial charge in [0.05, 0.1) is 13.2 Å². The monoisotopic (exact) mass is 234 g/mol. The lowest BCUT2D eigenvalue weighted by molar-refractivity contribution is -0.117. The quantitative estimate of drug-likeness (QED) is 0.837. The fraction of sp³-hybridized carbons (Fsp3) is 0.462. The highest BCUT2D eigenvalue weighted by Gasteiger charge is 2.22. The van der Waals surface area contributed by atoms with Crippen molar-refractivity contribution in [2.45, 2.75) is 25.8 Å². The van der Waals surface area contributed by atoms with E-state index in [1.807, 2.05) is 25.1 Å². The molecule has 1 aromatic rings. The minimum absolute atomic E-state index is 0.0406. The van der Waals surface area contributed by atoms with Crippen molar-refractivity contribution < 1.29 is 9.53 Å². The smallest absolute Gasteiger partial charge is 0.241 e. The molecule has 0 unspecified atom stereocenters. The summed E-state index contributed by atoms with van der Waals surface area (Å²) in [6.07, 6.45) is 1.98. The minimum atomic E-state index is -0.0550. The number of hydrogen-bond donors (Lipinski definition) is 2. The number of rotatable bonds is 3. The second-order valence-corrected chi connectivity index (χ2v) is 4.32. The van der Waals surface area contributed by atoms with Crippen LogP contribution in [0.15, 0.2) is 18.2 Å². The summed E-state index contributed by atoms with van der Waals surface area (Å²) >= 11 is 0. The molecular weight excluding hydrogens is 216 g/mol. The Morgan fingerprint density at radius 2 is 2.35 bits per heavy atom. The van der Waals surface area contributed by atoms with Crippen molar-refractivity contribution in [2.75, 3.05) is 19.0 Å². The Labute approximate surface area is 101 Å². The predicted octanol–water partition coefficient (Wildman–Crippen LogP) is 1.69. The zero-order chi connectivity index (χ0) is 12.3. The van der Waals surface area contributed by atoms with Crippen molar-refractivity contribution in [2.24, 2.45) is 0 Å². The van der Waals surface area contributed by atoms with E-state index in [0.717, 1.165) is 36.4 Å². The summed E-state index contributed by atoms with van der Waals surface area (Å²) in [5.74, 6) is 0.795. The van der Waals surface area contributed by atoms with Crippen LogP contribution in [0.1, 0.15) is 18.4 Å². The third-order valence-electron chi connectivity index (χ3n) is 3.08. The molecule has 0 aromatic heterocycles. The van der Waals surface area contributed by atoms with E-state index in [1.54, 1.807) is 7.11 Å². The number of anilines is 1. The van der Waals surface area contributed by atoms with Gasteiger partial charge in [-0.3, -0.25) is 4.79 Å². The lowest BCUT2D eigenvalue weighted by Crippen LogP contribution is -2.35. The SMILES string of the molecule is COc1ccc(C)c(NC(=O)[C@H]2CCCN2)c1. The molecular formula is C13H18N2O2. The van der Waals surface area contributed by atoms with Gasteiger partial charge in [0.25, 0.3) is 0 Å². The van der Waals surface area contributed by atoms with Crippen LogP contribution in [0.5, 0.6) is 5.75 Å². The summed E-state index contributed by atoms with van der Waals surface area (Å²) in [5, 5.41) is 6.13. The summed E-state index contributed by atoms with van der Waals surface area (Å²) < 4.78 is 5.15. The number of amides is 1. The van der Waals surface area contributed by atoms with Gasteiger partial charge in [-0.25, -0.2) is 0 Å². The summed E-state index contributed by atoms with van der Waals surface area (Å²) in [5.41, 5.74) is 1.86. The molecule has 2 N–H and O–H groups in total. The maximum atomic E-state index is 12.0. The molecule has 1 aromatic carbocycles. The van der Waals surface area contributed by atoms with E-state index < -0.39 is 0 Å². The Balaban J connectivity index is 2.09. The molecule has 1 fully saturated rings. The molecule has 0 saturated carbocycles. The van der Waals surface area contributed by atoms with Gasteiger partial charge < -0.3 is 15.4 Å². The number of aryl methyl sites for hydroxylation is 1. The van der Waals surface area contributed by atoms with E-state index in [0.29, 0.717) is 0 Å². The Hall–Kier alpha value is -1.55. The molecule has 0 radical (unpaired) electrons. The molecule has 0 bridgehead atoms. The average Bonchev–Trinajstić information content (AvgIpc) is 2.85. The van der Waals surface area contributed by atoms with Crippen LogP contribution < -0.4 is 15.4 Å². The average molecular weight is 234 g/mol. The molecule has 1 amide bonds. The lowest BCUT2D eigenvalue weighted by atomic mass is 10.1. The standard InChI is InChI=1S/C13H18N2O2/c1-9-5-6-10(17-2)8-12(9)15-13(16)11-4-3-7-14-11/h5-6,8,11,14H,3-4,7H2,1-2H3,(H,15,16)/t11-/m1/s1. The van der Waals surface area contributed by atoms with Gasteiger partial charge in [0.15, 0.2) is 0 Å². The van der Waals surface area contributed by atoms with Crippen molar-refractivity contribution in [1.29, 1.82) is 0 Å². The van der Waals surface area contributed by atoms with Crippen molar-refractivity contribution >= 4 is 11.6 Å². The molecule has 1 saturated heterocycles. The lowest BCUT2D eigenvalue weighted by Gasteiger charge is -2.13. The van der Waals surface area contributed by atoms with E-state index in [2.05, 4.69) is 10.6 Å². The highest BCUT2D eigenvalue weighted by molar-refractivity contribution is 5.95. The third kappa shape index (κ3) is 2.77. The maximum absolute atomic E-state index is 12.0. The number of nitrogens with one attached hydrogen (secondary N) is 2. The summed E-state index contributed by atoms with van der Waals surface area (Å²) in [4.78, 5) is 12.0. The van der Waals surface area contributed by atoms with Gasteiger partial charge in [0.1, 0.15) is 5.75 Å². The number of ether oxygens (including phenoxy) is 1. The van der Waals surface area contributed by atoms with Gasteiger partial charge in [0, 0.05) is 11.8 Å². The van der Waals surface area contributed by atoms with Crippen LogP contribution in [0.2, 0.25) is 0 Å². The third-order valence-corrected chi connectivity index (χ3v) is 3.08. The van der Waals surface area contributed by atoms with E-state index in [1.165, 1.54) is 0 Å². The fourth-order valence-electron chi connectivity index (χ4n) is 1.99. The first kappa shape index (κ1) is 11.9. The second kappa shape index (κ2) is 5.19. The predicted molar refractivity (Wildman–Crippen MR) is 67.4 cm³/mol. The van der Waals surface area contributed by atoms with E-state index in [-0.39, 0.29) is 11.9 Å². The Bertz CT molecular complexity index is 412. The normalized spacial score (nSPS) is 19.1. The minimum Gasteiger partial charge on any atom is -0.497 e. The van der Waals surface area contributed by atoms with Crippen molar-refractivity contribution in [3.63, 3.8) is 0 Å². The first-order chi connectivity index (χ1) is 8.20.